The van der Waals surface area contributed by atoms with Gasteiger partial charge in [0.2, 0.25) is 0 Å². The quantitative estimate of drug-likeness (QED) is 0.164. The summed E-state index contributed by atoms with van der Waals surface area (Å²) in [6, 6.07) is -0.961. The lowest BCUT2D eigenvalue weighted by Gasteiger charge is -2.54. The van der Waals surface area contributed by atoms with E-state index in [-0.39, 0.29) is 50.0 Å². The summed E-state index contributed by atoms with van der Waals surface area (Å²) in [7, 11) is 1.52. The minimum absolute atomic E-state index is 0.0667. The Bertz CT molecular complexity index is 1240. The number of carbonyl (C=O) groups excluding carboxylic acids is 1. The summed E-state index contributed by atoms with van der Waals surface area (Å²) in [5.74, 6) is -3.03. The zero-order valence-corrected chi connectivity index (χ0v) is 36.0. The van der Waals surface area contributed by atoms with Crippen LogP contribution in [-0.2, 0) is 33.2 Å². The Morgan fingerprint density at radius 2 is 1.60 bits per heavy atom. The van der Waals surface area contributed by atoms with Gasteiger partial charge in [0.15, 0.2) is 12.6 Å². The van der Waals surface area contributed by atoms with Crippen LogP contribution in [0.5, 0.6) is 0 Å². The molecule has 9 N–H and O–H groups in total. The summed E-state index contributed by atoms with van der Waals surface area (Å²) in [6.45, 7) is 23.8. The van der Waals surface area contributed by atoms with Crippen molar-refractivity contribution in [1.82, 2.24) is 10.6 Å². The maximum atomic E-state index is 14.3. The van der Waals surface area contributed by atoms with Crippen LogP contribution in [-0.4, -0.2) is 147 Å². The van der Waals surface area contributed by atoms with E-state index in [2.05, 4.69) is 10.6 Å². The first-order valence-corrected chi connectivity index (χ1v) is 20.3. The second kappa shape index (κ2) is 18.5. The van der Waals surface area contributed by atoms with Gasteiger partial charge in [0, 0.05) is 50.2 Å². The van der Waals surface area contributed by atoms with Gasteiger partial charge in [-0.2, -0.15) is 0 Å². The molecule has 0 aromatic carbocycles. The molecule has 15 nitrogen and oxygen atoms in total. The summed E-state index contributed by atoms with van der Waals surface area (Å²) < 4.78 is 37.9. The van der Waals surface area contributed by atoms with E-state index in [0.717, 1.165) is 0 Å². The molecule has 324 valence electrons. The van der Waals surface area contributed by atoms with E-state index in [0.29, 0.717) is 6.42 Å². The summed E-state index contributed by atoms with van der Waals surface area (Å²) in [5.41, 5.74) is -0.0841. The summed E-state index contributed by atoms with van der Waals surface area (Å²) in [6.07, 6.45) is -8.25. The Labute approximate surface area is 329 Å². The molecule has 3 rings (SSSR count). The Kier molecular flexibility index (Phi) is 16.2. The number of methoxy groups -OCH3 is 1. The number of cyclic esters (lactones) is 1. The Morgan fingerprint density at radius 1 is 0.982 bits per heavy atom. The second-order valence-electron chi connectivity index (χ2n) is 18.7. The van der Waals surface area contributed by atoms with Crippen LogP contribution in [0.4, 0.5) is 0 Å². The van der Waals surface area contributed by atoms with Crippen molar-refractivity contribution >= 4 is 5.97 Å². The third kappa shape index (κ3) is 11.2. The summed E-state index contributed by atoms with van der Waals surface area (Å²) in [5, 5.41) is 65.4. The molecule has 0 spiro atoms. The van der Waals surface area contributed by atoms with Gasteiger partial charge in [0.25, 0.3) is 0 Å². The SMILES string of the molecule is CC[C@@H]1OC(=O)[C@H](C)[C@H](OC2C[C@@](C)(OC)[C@](O)(CNC(C)(C)C)[C@H](C)O2)[C@@H](C)[C@@H](O[C@@H]2O[C@H](C)C[C@H](N)[C@H]2O)[C@](C)(O)C[C@@H](C)NC[C@@H](C)[C@H](O)[C@]1(C)O. The van der Waals surface area contributed by atoms with Crippen molar-refractivity contribution in [3.63, 3.8) is 0 Å². The fourth-order valence-corrected chi connectivity index (χ4v) is 8.68. The van der Waals surface area contributed by atoms with Crippen LogP contribution in [0.3, 0.4) is 0 Å². The zero-order valence-electron chi connectivity index (χ0n) is 36.0. The molecule has 3 fully saturated rings. The van der Waals surface area contributed by atoms with Crippen LogP contribution < -0.4 is 16.4 Å². The van der Waals surface area contributed by atoms with Crippen molar-refractivity contribution in [2.75, 3.05) is 20.2 Å². The molecular formula is C40H77N3O12. The highest BCUT2D eigenvalue weighted by Gasteiger charge is 2.58. The molecule has 3 saturated heterocycles. The van der Waals surface area contributed by atoms with Crippen molar-refractivity contribution in [2.45, 2.75) is 211 Å². The number of nitrogens with two attached hydrogens (primary N) is 1. The maximum absolute atomic E-state index is 14.3. The van der Waals surface area contributed by atoms with Gasteiger partial charge in [0.05, 0.1) is 42.0 Å². The number of hydrogen-bond acceptors (Lipinski definition) is 15. The van der Waals surface area contributed by atoms with Crippen LogP contribution in [0, 0.1) is 17.8 Å². The van der Waals surface area contributed by atoms with E-state index >= 15 is 0 Å². The van der Waals surface area contributed by atoms with E-state index < -0.39 is 101 Å². The molecule has 0 bridgehead atoms. The molecule has 0 radical (unpaired) electrons. The molecule has 0 aromatic rings. The van der Waals surface area contributed by atoms with Gasteiger partial charge in [-0.05, 0) is 94.4 Å². The predicted octanol–water partition coefficient (Wildman–Crippen LogP) is 1.71. The van der Waals surface area contributed by atoms with Crippen LogP contribution in [0.1, 0.15) is 116 Å². The van der Waals surface area contributed by atoms with Gasteiger partial charge in [-0.3, -0.25) is 4.79 Å². The molecular weight excluding hydrogens is 714 g/mol. The molecule has 18 atom stereocenters. The van der Waals surface area contributed by atoms with Gasteiger partial charge in [-0.25, -0.2) is 0 Å². The molecule has 0 saturated carbocycles. The topological polar surface area (TPSA) is 224 Å². The number of carbonyl (C=O) groups is 1. The average Bonchev–Trinajstić information content (AvgIpc) is 3.08. The van der Waals surface area contributed by atoms with Gasteiger partial charge < -0.3 is 70.3 Å². The molecule has 3 aliphatic heterocycles. The largest absolute Gasteiger partial charge is 0.459 e. The fraction of sp³-hybridized carbons (Fsp3) is 0.975. The molecule has 3 aliphatic rings. The van der Waals surface area contributed by atoms with Crippen LogP contribution in [0.15, 0.2) is 0 Å². The first kappa shape index (κ1) is 48.3. The number of nitrogens with one attached hydrogen (secondary N) is 2. The van der Waals surface area contributed by atoms with E-state index in [4.69, 9.17) is 34.2 Å². The minimum Gasteiger partial charge on any atom is -0.459 e. The number of rotatable bonds is 8. The summed E-state index contributed by atoms with van der Waals surface area (Å²) in [4.78, 5) is 14.3. The number of hydrogen-bond donors (Lipinski definition) is 8. The lowest BCUT2D eigenvalue weighted by atomic mass is 9.75. The van der Waals surface area contributed by atoms with Crippen molar-refractivity contribution < 1.29 is 58.7 Å². The van der Waals surface area contributed by atoms with Crippen LogP contribution in [0.25, 0.3) is 0 Å². The number of β-amino-alcohol motifs (C(OH)–C–C–N with tert-alkyl or cyclic N) is 1. The van der Waals surface area contributed by atoms with Gasteiger partial charge in [0.1, 0.15) is 29.0 Å². The first-order chi connectivity index (χ1) is 25.1. The number of aliphatic hydroxyl groups excluding tert-OH is 2. The number of esters is 1. The van der Waals surface area contributed by atoms with Gasteiger partial charge in [-0.1, -0.05) is 20.8 Å². The lowest BCUT2D eigenvalue weighted by molar-refractivity contribution is -0.335. The van der Waals surface area contributed by atoms with E-state index in [1.165, 1.54) is 14.0 Å². The zero-order chi connectivity index (χ0) is 42.1. The molecule has 0 aliphatic carbocycles. The third-order valence-corrected chi connectivity index (χ3v) is 12.5. The van der Waals surface area contributed by atoms with Gasteiger partial charge >= 0.3 is 5.97 Å². The second-order valence-corrected chi connectivity index (χ2v) is 18.7. The van der Waals surface area contributed by atoms with E-state index in [9.17, 15) is 30.3 Å². The summed E-state index contributed by atoms with van der Waals surface area (Å²) >= 11 is 0. The van der Waals surface area contributed by atoms with E-state index in [1.807, 2.05) is 34.6 Å². The van der Waals surface area contributed by atoms with Crippen LogP contribution >= 0.6 is 0 Å². The first-order valence-electron chi connectivity index (χ1n) is 20.3. The third-order valence-electron chi connectivity index (χ3n) is 12.5. The highest BCUT2D eigenvalue weighted by molar-refractivity contribution is 5.73. The Hall–Kier alpha value is -1.05. The minimum atomic E-state index is -1.80. The Morgan fingerprint density at radius 3 is 2.16 bits per heavy atom. The van der Waals surface area contributed by atoms with Crippen molar-refractivity contribution in [3.05, 3.63) is 0 Å². The fourth-order valence-electron chi connectivity index (χ4n) is 8.68. The van der Waals surface area contributed by atoms with Crippen molar-refractivity contribution in [1.29, 1.82) is 0 Å². The monoisotopic (exact) mass is 792 g/mol. The maximum Gasteiger partial charge on any atom is 0.311 e. The molecule has 0 aromatic heterocycles. The van der Waals surface area contributed by atoms with Gasteiger partial charge in [-0.15, -0.1) is 0 Å². The predicted molar refractivity (Wildman–Crippen MR) is 207 cm³/mol. The smallest absolute Gasteiger partial charge is 0.311 e. The standard InChI is InChI=1S/C40H77N3O12/c1-15-28-39(13,48)32(45)21(2)19-42-22(3)17-37(11,47)33(55-35-30(44)27(41)16-23(4)51-35)24(5)31(25(6)34(46)53-28)54-29-18-38(12,50-14)40(49,26(7)52-29)20-43-36(8,9)10/h21-33,35,42-45,47-49H,15-20,41H2,1-14H3/t21-,22-,23-,24-,25-,26+,27+,28+,29?,30-,31-,32+,33-,35+,37-,38-,39-,40+/m1/s1. The van der Waals surface area contributed by atoms with Crippen molar-refractivity contribution in [2.24, 2.45) is 23.5 Å². The number of aliphatic hydroxyl groups is 5. The molecule has 0 amide bonds. The highest BCUT2D eigenvalue weighted by Crippen LogP contribution is 2.43. The number of ether oxygens (including phenoxy) is 6. The van der Waals surface area contributed by atoms with E-state index in [1.54, 1.807) is 48.5 Å². The highest BCUT2D eigenvalue weighted by atomic mass is 16.7. The Balaban J connectivity index is 2.15. The van der Waals surface area contributed by atoms with Crippen molar-refractivity contribution in [3.8, 4) is 0 Å². The molecule has 3 heterocycles. The molecule has 1 unspecified atom stereocenters. The average molecular weight is 792 g/mol. The molecule has 15 heteroatoms. The molecule has 55 heavy (non-hydrogen) atoms. The lowest BCUT2D eigenvalue weighted by Crippen LogP contribution is -2.71. The normalized spacial score (nSPS) is 48.8. The van der Waals surface area contributed by atoms with Crippen LogP contribution in [0.2, 0.25) is 0 Å².